The summed E-state index contributed by atoms with van der Waals surface area (Å²) in [4.78, 5) is 17.0. The molecular formula is C28H42N4O5S. The molecule has 1 fully saturated rings. The number of hydrogen-bond acceptors (Lipinski definition) is 6. The minimum absolute atomic E-state index is 0.0683. The molecule has 2 aromatic carbocycles. The van der Waals surface area contributed by atoms with Crippen LogP contribution in [0.15, 0.2) is 48.5 Å². The van der Waals surface area contributed by atoms with E-state index in [2.05, 4.69) is 21.9 Å². The van der Waals surface area contributed by atoms with Crippen LogP contribution in [0.3, 0.4) is 0 Å². The first-order chi connectivity index (χ1) is 18.1. The van der Waals surface area contributed by atoms with E-state index in [1.807, 2.05) is 31.2 Å². The van der Waals surface area contributed by atoms with Gasteiger partial charge in [-0.2, -0.15) is 0 Å². The molecule has 210 valence electrons. The van der Waals surface area contributed by atoms with Gasteiger partial charge >= 0.3 is 6.03 Å². The number of aliphatic hydroxyl groups is 1. The molecule has 3 rings (SSSR count). The summed E-state index contributed by atoms with van der Waals surface area (Å²) in [6.07, 6.45) is 5.00. The molecule has 0 saturated carbocycles. The van der Waals surface area contributed by atoms with E-state index in [4.69, 9.17) is 4.74 Å². The average molecular weight is 547 g/mol. The van der Waals surface area contributed by atoms with Crippen molar-refractivity contribution >= 4 is 21.7 Å². The summed E-state index contributed by atoms with van der Waals surface area (Å²) in [5.41, 5.74) is 1.68. The van der Waals surface area contributed by atoms with Crippen LogP contribution < -0.4 is 14.8 Å². The Labute approximate surface area is 227 Å². The second-order valence-corrected chi connectivity index (χ2v) is 11.8. The molecule has 1 saturated heterocycles. The molecule has 10 heteroatoms. The van der Waals surface area contributed by atoms with E-state index < -0.39 is 16.1 Å². The van der Waals surface area contributed by atoms with Crippen LogP contribution in [-0.2, 0) is 16.6 Å². The Balaban J connectivity index is 1.44. The number of aliphatic hydroxyl groups excluding tert-OH is 1. The van der Waals surface area contributed by atoms with Gasteiger partial charge in [0.25, 0.3) is 0 Å². The standard InChI is InChI=1S/C28H42N4O5S/c1-4-6-17-32(21-25(33)5-2)28(34)29-23-15-18-31(19-16-23)20-22-7-11-26(12-8-22)37-27-13-9-24(10-14-27)30-38(3,35)36/h7-14,23,25,30,33H,4-6,15-21H2,1-3H3,(H,29,34). The number of amides is 2. The van der Waals surface area contributed by atoms with Crippen molar-refractivity contribution in [1.82, 2.24) is 15.1 Å². The maximum absolute atomic E-state index is 12.8. The van der Waals surface area contributed by atoms with Crippen molar-refractivity contribution in [1.29, 1.82) is 0 Å². The Morgan fingerprint density at radius 2 is 1.68 bits per heavy atom. The molecule has 0 radical (unpaired) electrons. The van der Waals surface area contributed by atoms with Crippen LogP contribution in [0.25, 0.3) is 0 Å². The highest BCUT2D eigenvalue weighted by Crippen LogP contribution is 2.24. The third-order valence-corrected chi connectivity index (χ3v) is 7.22. The number of benzene rings is 2. The molecule has 1 aliphatic rings. The topological polar surface area (TPSA) is 111 Å². The number of nitrogens with one attached hydrogen (secondary N) is 2. The van der Waals surface area contributed by atoms with Gasteiger partial charge < -0.3 is 20.1 Å². The van der Waals surface area contributed by atoms with Gasteiger partial charge in [0, 0.05) is 44.5 Å². The van der Waals surface area contributed by atoms with Crippen LogP contribution in [0, 0.1) is 0 Å². The molecule has 0 spiro atoms. The fraction of sp³-hybridized carbons (Fsp3) is 0.536. The summed E-state index contributed by atoms with van der Waals surface area (Å²) >= 11 is 0. The van der Waals surface area contributed by atoms with Gasteiger partial charge in [0.15, 0.2) is 0 Å². The molecule has 2 aromatic rings. The van der Waals surface area contributed by atoms with E-state index >= 15 is 0 Å². The van der Waals surface area contributed by atoms with Crippen LogP contribution in [-0.4, -0.2) is 73.9 Å². The van der Waals surface area contributed by atoms with E-state index in [0.717, 1.165) is 51.6 Å². The number of rotatable bonds is 13. The van der Waals surface area contributed by atoms with Crippen molar-refractivity contribution in [3.8, 4) is 11.5 Å². The zero-order valence-electron chi connectivity index (χ0n) is 22.7. The van der Waals surface area contributed by atoms with E-state index in [1.165, 1.54) is 5.56 Å². The molecule has 1 aliphatic heterocycles. The van der Waals surface area contributed by atoms with Crippen molar-refractivity contribution < 1.29 is 23.1 Å². The van der Waals surface area contributed by atoms with Gasteiger partial charge in [0.1, 0.15) is 11.5 Å². The van der Waals surface area contributed by atoms with Gasteiger partial charge in [-0.15, -0.1) is 0 Å². The Kier molecular flexibility index (Phi) is 11.2. The van der Waals surface area contributed by atoms with Gasteiger partial charge in [-0.25, -0.2) is 13.2 Å². The molecule has 1 unspecified atom stereocenters. The first-order valence-corrected chi connectivity index (χ1v) is 15.3. The number of hydrogen-bond donors (Lipinski definition) is 3. The first kappa shape index (κ1) is 29.7. The van der Waals surface area contributed by atoms with Gasteiger partial charge in [0.05, 0.1) is 12.4 Å². The normalized spacial score (nSPS) is 15.6. The second kappa shape index (κ2) is 14.4. The van der Waals surface area contributed by atoms with Gasteiger partial charge in [-0.05, 0) is 67.6 Å². The van der Waals surface area contributed by atoms with E-state index in [-0.39, 0.29) is 12.1 Å². The summed E-state index contributed by atoms with van der Waals surface area (Å²) in [5, 5.41) is 13.2. The monoisotopic (exact) mass is 546 g/mol. The summed E-state index contributed by atoms with van der Waals surface area (Å²) in [6.45, 7) is 7.73. The maximum atomic E-state index is 12.8. The Morgan fingerprint density at radius 3 is 2.24 bits per heavy atom. The quantitative estimate of drug-likeness (QED) is 0.344. The van der Waals surface area contributed by atoms with E-state index in [0.29, 0.717) is 36.7 Å². The second-order valence-electron chi connectivity index (χ2n) is 10.0. The van der Waals surface area contributed by atoms with Gasteiger partial charge in [-0.3, -0.25) is 9.62 Å². The minimum Gasteiger partial charge on any atom is -0.457 e. The van der Waals surface area contributed by atoms with Crippen LogP contribution >= 0.6 is 0 Å². The number of carbonyl (C=O) groups excluding carboxylic acids is 1. The third-order valence-electron chi connectivity index (χ3n) is 6.61. The smallest absolute Gasteiger partial charge is 0.317 e. The SMILES string of the molecule is CCCCN(CC(O)CC)C(=O)NC1CCN(Cc2ccc(Oc3ccc(NS(C)(=O)=O)cc3)cc2)CC1. The lowest BCUT2D eigenvalue weighted by Gasteiger charge is -2.34. The number of ether oxygens (including phenoxy) is 1. The number of sulfonamides is 1. The summed E-state index contributed by atoms with van der Waals surface area (Å²) in [6, 6.07) is 14.8. The molecule has 0 bridgehead atoms. The number of nitrogens with zero attached hydrogens (tertiary/aromatic N) is 2. The summed E-state index contributed by atoms with van der Waals surface area (Å²) < 4.78 is 31.0. The van der Waals surface area contributed by atoms with Crippen molar-refractivity contribution in [3.63, 3.8) is 0 Å². The molecular weight excluding hydrogens is 504 g/mol. The maximum Gasteiger partial charge on any atom is 0.317 e. The van der Waals surface area contributed by atoms with Gasteiger partial charge in [0.2, 0.25) is 10.0 Å². The zero-order chi connectivity index (χ0) is 27.5. The molecule has 0 aromatic heterocycles. The van der Waals surface area contributed by atoms with E-state index in [1.54, 1.807) is 29.2 Å². The number of carbonyl (C=O) groups is 1. The molecule has 3 N–H and O–H groups in total. The Morgan fingerprint density at radius 1 is 1.08 bits per heavy atom. The highest BCUT2D eigenvalue weighted by molar-refractivity contribution is 7.92. The van der Waals surface area contributed by atoms with Crippen molar-refractivity contribution in [2.24, 2.45) is 0 Å². The highest BCUT2D eigenvalue weighted by atomic mass is 32.2. The minimum atomic E-state index is -3.31. The van der Waals surface area contributed by atoms with Crippen LogP contribution in [0.5, 0.6) is 11.5 Å². The van der Waals surface area contributed by atoms with Crippen molar-refractivity contribution in [3.05, 3.63) is 54.1 Å². The molecule has 0 aliphatic carbocycles. The van der Waals surface area contributed by atoms with Crippen LogP contribution in [0.2, 0.25) is 0 Å². The predicted octanol–water partition coefficient (Wildman–Crippen LogP) is 4.40. The van der Waals surface area contributed by atoms with Crippen molar-refractivity contribution in [2.75, 3.05) is 37.2 Å². The van der Waals surface area contributed by atoms with Gasteiger partial charge in [-0.1, -0.05) is 32.4 Å². The lowest BCUT2D eigenvalue weighted by Crippen LogP contribution is -2.50. The molecule has 1 heterocycles. The fourth-order valence-electron chi connectivity index (χ4n) is 4.37. The summed E-state index contributed by atoms with van der Waals surface area (Å²) in [5.74, 6) is 1.33. The fourth-order valence-corrected chi connectivity index (χ4v) is 4.94. The lowest BCUT2D eigenvalue weighted by molar-refractivity contribution is 0.112. The predicted molar refractivity (Wildman–Crippen MR) is 151 cm³/mol. The largest absolute Gasteiger partial charge is 0.457 e. The molecule has 2 amide bonds. The zero-order valence-corrected chi connectivity index (χ0v) is 23.5. The first-order valence-electron chi connectivity index (χ1n) is 13.5. The number of urea groups is 1. The van der Waals surface area contributed by atoms with Crippen molar-refractivity contribution in [2.45, 2.75) is 64.6 Å². The number of anilines is 1. The lowest BCUT2D eigenvalue weighted by atomic mass is 10.0. The third kappa shape index (κ3) is 10.2. The Hall–Kier alpha value is -2.82. The number of piperidine rings is 1. The summed E-state index contributed by atoms with van der Waals surface area (Å²) in [7, 11) is -3.31. The average Bonchev–Trinajstić information content (AvgIpc) is 2.89. The van der Waals surface area contributed by atoms with Crippen LogP contribution in [0.1, 0.15) is 51.5 Å². The van der Waals surface area contributed by atoms with Crippen LogP contribution in [0.4, 0.5) is 10.5 Å². The van der Waals surface area contributed by atoms with E-state index in [9.17, 15) is 18.3 Å². The number of unbranched alkanes of at least 4 members (excludes halogenated alkanes) is 1. The molecule has 1 atom stereocenters. The highest BCUT2D eigenvalue weighted by Gasteiger charge is 2.24. The Bertz CT molecular complexity index is 1100. The number of likely N-dealkylation sites (tertiary alicyclic amines) is 1. The molecule has 9 nitrogen and oxygen atoms in total. The molecule has 38 heavy (non-hydrogen) atoms.